The third-order valence-electron chi connectivity index (χ3n) is 6.21. The molecule has 1 atom stereocenters. The van der Waals surface area contributed by atoms with Crippen LogP contribution < -0.4 is 14.4 Å². The summed E-state index contributed by atoms with van der Waals surface area (Å²) in [5, 5.41) is 2.22. The third kappa shape index (κ3) is 3.58. The number of anilines is 1. The summed E-state index contributed by atoms with van der Waals surface area (Å²) in [6, 6.07) is 28.7. The van der Waals surface area contributed by atoms with Crippen molar-refractivity contribution in [3.63, 3.8) is 0 Å². The summed E-state index contributed by atoms with van der Waals surface area (Å²) in [5.74, 6) is 1.58. The lowest BCUT2D eigenvalue weighted by atomic mass is 9.82. The van der Waals surface area contributed by atoms with Crippen molar-refractivity contribution in [2.24, 2.45) is 0 Å². The zero-order valence-corrected chi connectivity index (χ0v) is 18.2. The Morgan fingerprint density at radius 3 is 2.25 bits per heavy atom. The molecule has 1 aliphatic heterocycles. The maximum absolute atomic E-state index is 13.6. The number of hydrogen-bond acceptors (Lipinski definition) is 3. The van der Waals surface area contributed by atoms with E-state index in [2.05, 4.69) is 36.4 Å². The van der Waals surface area contributed by atoms with Gasteiger partial charge in [-0.25, -0.2) is 0 Å². The molecule has 1 unspecified atom stereocenters. The van der Waals surface area contributed by atoms with Gasteiger partial charge >= 0.3 is 0 Å². The Balaban J connectivity index is 1.66. The van der Waals surface area contributed by atoms with E-state index in [1.165, 1.54) is 11.1 Å². The van der Waals surface area contributed by atoms with Crippen molar-refractivity contribution < 1.29 is 14.3 Å². The number of fused-ring (bicyclic) bond motifs is 3. The lowest BCUT2D eigenvalue weighted by Gasteiger charge is -2.35. The second-order valence-electron chi connectivity index (χ2n) is 8.09. The first-order valence-corrected chi connectivity index (χ1v) is 10.8. The van der Waals surface area contributed by atoms with Gasteiger partial charge in [0.15, 0.2) is 0 Å². The molecule has 4 nitrogen and oxygen atoms in total. The predicted molar refractivity (Wildman–Crippen MR) is 128 cm³/mol. The van der Waals surface area contributed by atoms with Crippen LogP contribution in [0, 0.1) is 0 Å². The Morgan fingerprint density at radius 1 is 0.844 bits per heavy atom. The fourth-order valence-corrected chi connectivity index (χ4v) is 4.66. The van der Waals surface area contributed by atoms with Gasteiger partial charge < -0.3 is 14.4 Å². The van der Waals surface area contributed by atoms with Gasteiger partial charge in [-0.3, -0.25) is 4.79 Å². The van der Waals surface area contributed by atoms with Crippen LogP contribution in [0.15, 0.2) is 84.9 Å². The second kappa shape index (κ2) is 8.39. The van der Waals surface area contributed by atoms with Gasteiger partial charge in [0.1, 0.15) is 11.5 Å². The van der Waals surface area contributed by atoms with E-state index in [4.69, 9.17) is 9.47 Å². The molecule has 0 fully saturated rings. The first-order valence-electron chi connectivity index (χ1n) is 10.8. The number of nitrogens with zero attached hydrogens (tertiary/aromatic N) is 1. The molecule has 4 aromatic rings. The summed E-state index contributed by atoms with van der Waals surface area (Å²) in [4.78, 5) is 15.5. The van der Waals surface area contributed by atoms with Crippen LogP contribution in [0.1, 0.15) is 29.0 Å². The lowest BCUT2D eigenvalue weighted by molar-refractivity contribution is -0.119. The minimum atomic E-state index is 0.0411. The van der Waals surface area contributed by atoms with Gasteiger partial charge in [-0.1, -0.05) is 66.7 Å². The molecule has 0 saturated carbocycles. The Kier molecular flexibility index (Phi) is 5.28. The van der Waals surface area contributed by atoms with Crippen LogP contribution in [-0.2, 0) is 11.3 Å². The summed E-state index contributed by atoms with van der Waals surface area (Å²) in [7, 11) is 3.27. The number of rotatable bonds is 5. The zero-order valence-electron chi connectivity index (χ0n) is 18.2. The van der Waals surface area contributed by atoms with Crippen LogP contribution >= 0.6 is 0 Å². The first kappa shape index (κ1) is 20.1. The summed E-state index contributed by atoms with van der Waals surface area (Å²) >= 11 is 0. The highest BCUT2D eigenvalue weighted by Crippen LogP contribution is 2.44. The molecule has 4 heteroatoms. The molecule has 1 heterocycles. The van der Waals surface area contributed by atoms with Crippen molar-refractivity contribution in [2.45, 2.75) is 18.9 Å². The van der Waals surface area contributed by atoms with Crippen molar-refractivity contribution in [2.75, 3.05) is 19.1 Å². The monoisotopic (exact) mass is 423 g/mol. The minimum absolute atomic E-state index is 0.0411. The van der Waals surface area contributed by atoms with Gasteiger partial charge in [0.25, 0.3) is 0 Å². The fraction of sp³-hybridized carbons (Fsp3) is 0.179. The summed E-state index contributed by atoms with van der Waals surface area (Å²) in [6.07, 6.45) is 0.441. The van der Waals surface area contributed by atoms with E-state index in [9.17, 15) is 4.79 Å². The number of ether oxygens (including phenoxy) is 2. The zero-order chi connectivity index (χ0) is 22.1. The number of carbonyl (C=O) groups is 1. The highest BCUT2D eigenvalue weighted by molar-refractivity contribution is 6.07. The van der Waals surface area contributed by atoms with Crippen LogP contribution in [0.5, 0.6) is 11.5 Å². The smallest absolute Gasteiger partial charge is 0.228 e. The Labute approximate surface area is 188 Å². The molecular weight excluding hydrogens is 398 g/mol. The Hall–Kier alpha value is -3.79. The molecule has 0 N–H and O–H groups in total. The standard InChI is InChI=1S/C28H25NO3/c1-31-22-14-19(15-23(16-22)32-2)18-29-27(30)17-26(20-8-4-3-5-9-20)25-13-12-21-10-6-7-11-24(21)28(25)29/h3-16,26H,17-18H2,1-2H3. The minimum Gasteiger partial charge on any atom is -0.497 e. The van der Waals surface area contributed by atoms with E-state index in [0.717, 1.165) is 22.0 Å². The molecule has 0 radical (unpaired) electrons. The normalized spacial score (nSPS) is 15.5. The molecule has 32 heavy (non-hydrogen) atoms. The number of hydrogen-bond donors (Lipinski definition) is 0. The van der Waals surface area contributed by atoms with Crippen molar-refractivity contribution >= 4 is 22.4 Å². The van der Waals surface area contributed by atoms with Crippen LogP contribution in [0.25, 0.3) is 10.8 Å². The largest absolute Gasteiger partial charge is 0.497 e. The van der Waals surface area contributed by atoms with E-state index < -0.39 is 0 Å². The van der Waals surface area contributed by atoms with E-state index in [1.54, 1.807) is 14.2 Å². The van der Waals surface area contributed by atoms with Gasteiger partial charge in [-0.05, 0) is 34.2 Å². The molecule has 0 aromatic heterocycles. The van der Waals surface area contributed by atoms with E-state index in [0.29, 0.717) is 24.5 Å². The molecule has 160 valence electrons. The Bertz CT molecular complexity index is 1260. The molecule has 0 aliphatic carbocycles. The maximum Gasteiger partial charge on any atom is 0.228 e. The molecule has 0 bridgehead atoms. The number of benzene rings is 4. The van der Waals surface area contributed by atoms with Gasteiger partial charge in [0.05, 0.1) is 26.5 Å². The SMILES string of the molecule is COc1cc(CN2C(=O)CC(c3ccccc3)c3ccc4ccccc4c32)cc(OC)c1. The van der Waals surface area contributed by atoms with Crippen LogP contribution in [0.4, 0.5) is 5.69 Å². The summed E-state index contributed by atoms with van der Waals surface area (Å²) in [5.41, 5.74) is 4.31. The average molecular weight is 424 g/mol. The van der Waals surface area contributed by atoms with Crippen molar-refractivity contribution in [3.05, 3.63) is 102 Å². The van der Waals surface area contributed by atoms with Crippen LogP contribution in [0.2, 0.25) is 0 Å². The molecule has 0 saturated heterocycles. The van der Waals surface area contributed by atoms with E-state index >= 15 is 0 Å². The number of methoxy groups -OCH3 is 2. The van der Waals surface area contributed by atoms with Crippen LogP contribution in [0.3, 0.4) is 0 Å². The molecular formula is C28H25NO3. The number of amides is 1. The predicted octanol–water partition coefficient (Wildman–Crippen LogP) is 5.93. The maximum atomic E-state index is 13.6. The molecule has 1 aliphatic rings. The molecule has 1 amide bonds. The molecule has 4 aromatic carbocycles. The van der Waals surface area contributed by atoms with Gasteiger partial charge in [0, 0.05) is 23.8 Å². The van der Waals surface area contributed by atoms with Gasteiger partial charge in [-0.2, -0.15) is 0 Å². The van der Waals surface area contributed by atoms with Crippen molar-refractivity contribution in [3.8, 4) is 11.5 Å². The van der Waals surface area contributed by atoms with E-state index in [-0.39, 0.29) is 11.8 Å². The highest BCUT2D eigenvalue weighted by Gasteiger charge is 2.33. The molecule has 0 spiro atoms. The van der Waals surface area contributed by atoms with Crippen LogP contribution in [-0.4, -0.2) is 20.1 Å². The molecule has 5 rings (SSSR count). The summed E-state index contributed by atoms with van der Waals surface area (Å²) < 4.78 is 10.9. The number of carbonyl (C=O) groups excluding carboxylic acids is 1. The van der Waals surface area contributed by atoms with Gasteiger partial charge in [0.2, 0.25) is 5.91 Å². The summed E-state index contributed by atoms with van der Waals surface area (Å²) in [6.45, 7) is 0.453. The third-order valence-corrected chi connectivity index (χ3v) is 6.21. The quantitative estimate of drug-likeness (QED) is 0.400. The Morgan fingerprint density at radius 2 is 1.53 bits per heavy atom. The van der Waals surface area contributed by atoms with Crippen molar-refractivity contribution in [1.29, 1.82) is 0 Å². The highest BCUT2D eigenvalue weighted by atomic mass is 16.5. The topological polar surface area (TPSA) is 38.8 Å². The average Bonchev–Trinajstić information content (AvgIpc) is 2.85. The second-order valence-corrected chi connectivity index (χ2v) is 8.09. The van der Waals surface area contributed by atoms with Gasteiger partial charge in [-0.15, -0.1) is 0 Å². The first-order chi connectivity index (χ1) is 15.7. The fourth-order valence-electron chi connectivity index (χ4n) is 4.66. The van der Waals surface area contributed by atoms with Crippen molar-refractivity contribution in [1.82, 2.24) is 0 Å². The van der Waals surface area contributed by atoms with E-state index in [1.807, 2.05) is 53.4 Å². The lowest BCUT2D eigenvalue weighted by Crippen LogP contribution is -2.36.